The van der Waals surface area contributed by atoms with E-state index in [1.807, 2.05) is 17.9 Å². The number of hydrogen-bond acceptors (Lipinski definition) is 5. The molecule has 4 fully saturated rings. The number of nitrogens with zero attached hydrogens (tertiary/aromatic N) is 3. The third-order valence-electron chi connectivity index (χ3n) is 9.28. The van der Waals surface area contributed by atoms with E-state index in [1.54, 1.807) is 6.07 Å². The van der Waals surface area contributed by atoms with Crippen LogP contribution in [0.5, 0.6) is 0 Å². The Morgan fingerprint density at radius 3 is 2.43 bits per heavy atom. The van der Waals surface area contributed by atoms with Crippen LogP contribution in [0.15, 0.2) is 18.2 Å². The van der Waals surface area contributed by atoms with Crippen LogP contribution in [0.1, 0.15) is 63.4 Å². The Balaban J connectivity index is 1.32. The standard InChI is InChI=1S/C29H42FN3O4/c1-2-37-19-22-17-33(28(34)21-11-14-32(16-21)24-5-3-4-6-24)18-26(22)25-8-7-23(30)15-27(25)31-12-9-20(10-13-31)29(35)36/h7-8,15,20-22,24,26H,2-6,9-14,16-19H2,1H3,(H,35,36)/t21-,22+,26?/m0/s1. The molecule has 3 heterocycles. The van der Waals surface area contributed by atoms with E-state index in [2.05, 4.69) is 9.80 Å². The van der Waals surface area contributed by atoms with Crippen molar-refractivity contribution in [2.24, 2.45) is 17.8 Å². The number of carboxylic acid groups (broad SMARTS) is 1. The molecule has 1 aromatic carbocycles. The minimum Gasteiger partial charge on any atom is -0.481 e. The molecule has 8 heteroatoms. The lowest BCUT2D eigenvalue weighted by Crippen LogP contribution is -2.38. The fraction of sp³-hybridized carbons (Fsp3) is 0.724. The van der Waals surface area contributed by atoms with Gasteiger partial charge in [0.25, 0.3) is 0 Å². The monoisotopic (exact) mass is 515 g/mol. The molecule has 0 spiro atoms. The molecule has 4 aliphatic rings. The van der Waals surface area contributed by atoms with Crippen molar-refractivity contribution < 1.29 is 23.8 Å². The highest BCUT2D eigenvalue weighted by atomic mass is 19.1. The lowest BCUT2D eigenvalue weighted by Gasteiger charge is -2.35. The maximum Gasteiger partial charge on any atom is 0.306 e. The van der Waals surface area contributed by atoms with Gasteiger partial charge in [0, 0.05) is 62.9 Å². The van der Waals surface area contributed by atoms with Crippen molar-refractivity contribution in [2.75, 3.05) is 57.4 Å². The van der Waals surface area contributed by atoms with Gasteiger partial charge in [-0.1, -0.05) is 18.9 Å². The number of halogens is 1. The first kappa shape index (κ1) is 26.4. The normalized spacial score (nSPS) is 27.9. The number of carbonyl (C=O) groups excluding carboxylic acids is 1. The molecule has 0 aromatic heterocycles. The van der Waals surface area contributed by atoms with Gasteiger partial charge in [-0.15, -0.1) is 0 Å². The number of hydrogen-bond donors (Lipinski definition) is 1. The third-order valence-corrected chi connectivity index (χ3v) is 9.28. The van der Waals surface area contributed by atoms with E-state index in [0.717, 1.165) is 30.8 Å². The summed E-state index contributed by atoms with van der Waals surface area (Å²) in [5.74, 6) is -0.838. The molecule has 7 nitrogen and oxygen atoms in total. The molecule has 3 atom stereocenters. The third kappa shape index (κ3) is 5.80. The number of carboxylic acids is 1. The van der Waals surface area contributed by atoms with Crippen LogP contribution in [0.3, 0.4) is 0 Å². The first-order chi connectivity index (χ1) is 17.9. The van der Waals surface area contributed by atoms with E-state index in [-0.39, 0.29) is 35.4 Å². The number of aliphatic carboxylic acids is 1. The second-order valence-corrected chi connectivity index (χ2v) is 11.5. The molecule has 1 saturated carbocycles. The summed E-state index contributed by atoms with van der Waals surface area (Å²) in [6, 6.07) is 5.64. The fourth-order valence-electron chi connectivity index (χ4n) is 7.16. The van der Waals surface area contributed by atoms with E-state index in [9.17, 15) is 19.1 Å². The number of amides is 1. The van der Waals surface area contributed by atoms with Crippen molar-refractivity contribution in [1.29, 1.82) is 0 Å². The van der Waals surface area contributed by atoms with Crippen LogP contribution in [0.2, 0.25) is 0 Å². The minimum absolute atomic E-state index is 0.0647. The summed E-state index contributed by atoms with van der Waals surface area (Å²) in [5.41, 5.74) is 1.90. The van der Waals surface area contributed by atoms with Crippen LogP contribution in [-0.4, -0.2) is 85.3 Å². The van der Waals surface area contributed by atoms with Crippen molar-refractivity contribution in [2.45, 2.75) is 63.8 Å². The first-order valence-corrected chi connectivity index (χ1v) is 14.3. The van der Waals surface area contributed by atoms with Gasteiger partial charge in [-0.05, 0) is 63.3 Å². The Hall–Kier alpha value is -2.19. The summed E-state index contributed by atoms with van der Waals surface area (Å²) in [6.07, 6.45) is 7.19. The Morgan fingerprint density at radius 1 is 1.00 bits per heavy atom. The Labute approximate surface area is 219 Å². The van der Waals surface area contributed by atoms with Gasteiger partial charge in [0.1, 0.15) is 5.82 Å². The summed E-state index contributed by atoms with van der Waals surface area (Å²) in [6.45, 7) is 7.56. The zero-order chi connectivity index (χ0) is 25.9. The van der Waals surface area contributed by atoms with Crippen molar-refractivity contribution in [3.63, 3.8) is 0 Å². The van der Waals surface area contributed by atoms with Crippen LogP contribution >= 0.6 is 0 Å². The fourth-order valence-corrected chi connectivity index (χ4v) is 7.16. The highest BCUT2D eigenvalue weighted by molar-refractivity contribution is 5.80. The first-order valence-electron chi connectivity index (χ1n) is 14.3. The van der Waals surface area contributed by atoms with Gasteiger partial charge in [-0.2, -0.15) is 0 Å². The van der Waals surface area contributed by atoms with Gasteiger partial charge >= 0.3 is 5.97 Å². The van der Waals surface area contributed by atoms with Crippen LogP contribution in [-0.2, 0) is 14.3 Å². The molecule has 1 aliphatic carbocycles. The molecule has 3 aliphatic heterocycles. The van der Waals surface area contributed by atoms with Gasteiger partial charge in [0.15, 0.2) is 0 Å². The second kappa shape index (κ2) is 11.7. The largest absolute Gasteiger partial charge is 0.481 e. The molecule has 3 saturated heterocycles. The Morgan fingerprint density at radius 2 is 1.73 bits per heavy atom. The molecule has 1 N–H and O–H groups in total. The summed E-state index contributed by atoms with van der Waals surface area (Å²) in [4.78, 5) is 31.8. The maximum atomic E-state index is 14.5. The minimum atomic E-state index is -0.751. The molecular weight excluding hydrogens is 473 g/mol. The lowest BCUT2D eigenvalue weighted by atomic mass is 9.87. The number of piperidine rings is 1. The summed E-state index contributed by atoms with van der Waals surface area (Å²) < 4.78 is 20.3. The Kier molecular flexibility index (Phi) is 8.34. The predicted octanol–water partition coefficient (Wildman–Crippen LogP) is 3.97. The summed E-state index contributed by atoms with van der Waals surface area (Å²) in [5, 5.41) is 9.40. The van der Waals surface area contributed by atoms with E-state index < -0.39 is 5.97 Å². The molecule has 0 bridgehead atoms. The van der Waals surface area contributed by atoms with Crippen LogP contribution < -0.4 is 4.90 Å². The number of benzene rings is 1. The van der Waals surface area contributed by atoms with Gasteiger partial charge in [0.05, 0.1) is 18.4 Å². The number of anilines is 1. The molecule has 204 valence electrons. The Bertz CT molecular complexity index is 960. The quantitative estimate of drug-likeness (QED) is 0.565. The summed E-state index contributed by atoms with van der Waals surface area (Å²) >= 11 is 0. The average molecular weight is 516 g/mol. The zero-order valence-corrected chi connectivity index (χ0v) is 22.1. The lowest BCUT2D eigenvalue weighted by molar-refractivity contribution is -0.142. The van der Waals surface area contributed by atoms with Gasteiger partial charge in [-0.3, -0.25) is 14.5 Å². The number of carbonyl (C=O) groups is 2. The van der Waals surface area contributed by atoms with Crippen molar-refractivity contribution in [1.82, 2.24) is 9.80 Å². The van der Waals surface area contributed by atoms with Gasteiger partial charge < -0.3 is 19.6 Å². The molecule has 1 unspecified atom stereocenters. The molecule has 5 rings (SSSR count). The highest BCUT2D eigenvalue weighted by Crippen LogP contribution is 2.40. The zero-order valence-electron chi connectivity index (χ0n) is 22.1. The SMILES string of the molecule is CCOC[C@H]1CN(C(=O)[C@H]2CCN(C3CCCC3)C2)CC1c1ccc(F)cc1N1CCC(C(=O)O)CC1. The molecular formula is C29H42FN3O4. The summed E-state index contributed by atoms with van der Waals surface area (Å²) in [7, 11) is 0. The maximum absolute atomic E-state index is 14.5. The van der Waals surface area contributed by atoms with Crippen molar-refractivity contribution >= 4 is 17.6 Å². The average Bonchev–Trinajstić information content (AvgIpc) is 3.68. The smallest absolute Gasteiger partial charge is 0.306 e. The molecule has 0 radical (unpaired) electrons. The van der Waals surface area contributed by atoms with Crippen LogP contribution in [0, 0.1) is 23.6 Å². The van der Waals surface area contributed by atoms with E-state index in [4.69, 9.17) is 4.74 Å². The van der Waals surface area contributed by atoms with Crippen molar-refractivity contribution in [3.05, 3.63) is 29.6 Å². The van der Waals surface area contributed by atoms with E-state index >= 15 is 0 Å². The predicted molar refractivity (Wildman–Crippen MR) is 140 cm³/mol. The topological polar surface area (TPSA) is 73.3 Å². The van der Waals surface area contributed by atoms with E-state index in [0.29, 0.717) is 58.3 Å². The molecule has 1 aromatic rings. The van der Waals surface area contributed by atoms with Gasteiger partial charge in [0.2, 0.25) is 5.91 Å². The number of likely N-dealkylation sites (tertiary alicyclic amines) is 2. The molecule has 37 heavy (non-hydrogen) atoms. The second-order valence-electron chi connectivity index (χ2n) is 11.5. The van der Waals surface area contributed by atoms with E-state index in [1.165, 1.54) is 31.7 Å². The highest BCUT2D eigenvalue weighted by Gasteiger charge is 2.42. The van der Waals surface area contributed by atoms with Crippen LogP contribution in [0.25, 0.3) is 0 Å². The van der Waals surface area contributed by atoms with Crippen LogP contribution in [0.4, 0.5) is 10.1 Å². The number of ether oxygens (including phenoxy) is 1. The van der Waals surface area contributed by atoms with Gasteiger partial charge in [-0.25, -0.2) is 4.39 Å². The molecule has 1 amide bonds. The van der Waals surface area contributed by atoms with Crippen molar-refractivity contribution in [3.8, 4) is 0 Å². The number of rotatable bonds is 8.